The Hall–Kier alpha value is -1.52. The first-order valence-electron chi connectivity index (χ1n) is 6.43. The summed E-state index contributed by atoms with van der Waals surface area (Å²) in [5, 5.41) is 12.0. The Morgan fingerprint density at radius 1 is 1.37 bits per heavy atom. The summed E-state index contributed by atoms with van der Waals surface area (Å²) < 4.78 is 10.9. The highest BCUT2D eigenvalue weighted by Gasteiger charge is 2.05. The van der Waals surface area contributed by atoms with Crippen molar-refractivity contribution in [2.24, 2.45) is 0 Å². The van der Waals surface area contributed by atoms with Gasteiger partial charge in [0, 0.05) is 13.2 Å². The fourth-order valence-electron chi connectivity index (χ4n) is 1.58. The van der Waals surface area contributed by atoms with Gasteiger partial charge < -0.3 is 19.9 Å². The van der Waals surface area contributed by atoms with Gasteiger partial charge in [0.25, 0.3) is 0 Å². The van der Waals surface area contributed by atoms with Crippen LogP contribution in [0.15, 0.2) is 30.4 Å². The fraction of sp³-hybridized carbons (Fsp3) is 0.467. The second-order valence-corrected chi connectivity index (χ2v) is 4.48. The highest BCUT2D eigenvalue weighted by atomic mass is 16.5. The zero-order chi connectivity index (χ0) is 14.1. The molecule has 4 heteroatoms. The van der Waals surface area contributed by atoms with E-state index in [0.717, 1.165) is 42.1 Å². The van der Waals surface area contributed by atoms with E-state index in [4.69, 9.17) is 14.6 Å². The Balaban J connectivity index is 2.63. The van der Waals surface area contributed by atoms with Crippen LogP contribution < -0.4 is 14.8 Å². The molecule has 0 aromatic heterocycles. The second kappa shape index (κ2) is 8.56. The number of hydrogen-bond donors (Lipinski definition) is 2. The lowest BCUT2D eigenvalue weighted by Gasteiger charge is -2.12. The van der Waals surface area contributed by atoms with Crippen LogP contribution in [-0.2, 0) is 6.54 Å². The zero-order valence-corrected chi connectivity index (χ0v) is 11.7. The van der Waals surface area contributed by atoms with Crippen LogP contribution in [0, 0.1) is 0 Å². The molecular weight excluding hydrogens is 242 g/mol. The van der Waals surface area contributed by atoms with Crippen LogP contribution >= 0.6 is 0 Å². The molecule has 0 aliphatic rings. The summed E-state index contributed by atoms with van der Waals surface area (Å²) in [6.45, 7) is 7.97. The third-order valence-corrected chi connectivity index (χ3v) is 2.54. The number of aliphatic hydroxyl groups excluding tert-OH is 1. The van der Waals surface area contributed by atoms with Crippen molar-refractivity contribution in [2.75, 3.05) is 26.9 Å². The summed E-state index contributed by atoms with van der Waals surface area (Å²) in [6.07, 6.45) is 0.759. The van der Waals surface area contributed by atoms with Crippen molar-refractivity contribution in [2.45, 2.75) is 19.9 Å². The lowest BCUT2D eigenvalue weighted by atomic mass is 10.2. The van der Waals surface area contributed by atoms with E-state index in [1.165, 1.54) is 0 Å². The van der Waals surface area contributed by atoms with Crippen LogP contribution in [0.1, 0.15) is 18.9 Å². The zero-order valence-electron chi connectivity index (χ0n) is 11.7. The van der Waals surface area contributed by atoms with E-state index in [0.29, 0.717) is 6.61 Å². The van der Waals surface area contributed by atoms with Gasteiger partial charge in [0.15, 0.2) is 11.5 Å². The molecular formula is C15H23NO3. The van der Waals surface area contributed by atoms with Gasteiger partial charge in [-0.1, -0.05) is 12.6 Å². The van der Waals surface area contributed by atoms with Gasteiger partial charge in [-0.15, -0.1) is 0 Å². The van der Waals surface area contributed by atoms with Crippen LogP contribution in [0.25, 0.3) is 0 Å². The molecule has 4 nitrogen and oxygen atoms in total. The Bertz CT molecular complexity index is 404. The molecule has 0 saturated carbocycles. The molecule has 1 aromatic rings. The molecule has 0 saturated heterocycles. The van der Waals surface area contributed by atoms with Crippen LogP contribution in [0.2, 0.25) is 0 Å². The lowest BCUT2D eigenvalue weighted by molar-refractivity contribution is 0.286. The van der Waals surface area contributed by atoms with Crippen LogP contribution in [0.5, 0.6) is 11.5 Å². The minimum atomic E-state index is 0.211. The highest BCUT2D eigenvalue weighted by molar-refractivity contribution is 5.43. The standard InChI is InChI=1S/C15H23NO3/c1-12(2)11-19-15-9-13(5-6-14(15)18-3)10-16-7-4-8-17/h5-6,9,16-17H,1,4,7-8,10-11H2,2-3H3. The predicted molar refractivity (Wildman–Crippen MR) is 76.7 cm³/mol. The number of rotatable bonds is 9. The van der Waals surface area contributed by atoms with E-state index < -0.39 is 0 Å². The van der Waals surface area contributed by atoms with Gasteiger partial charge in [0.1, 0.15) is 6.61 Å². The first-order valence-corrected chi connectivity index (χ1v) is 6.43. The molecule has 0 radical (unpaired) electrons. The lowest BCUT2D eigenvalue weighted by Crippen LogP contribution is -2.15. The Kier molecular flexibility index (Phi) is 7.00. The first kappa shape index (κ1) is 15.5. The number of aliphatic hydroxyl groups is 1. The van der Waals surface area contributed by atoms with Gasteiger partial charge in [-0.2, -0.15) is 0 Å². The largest absolute Gasteiger partial charge is 0.493 e. The van der Waals surface area contributed by atoms with Crippen molar-refractivity contribution in [1.29, 1.82) is 0 Å². The van der Waals surface area contributed by atoms with E-state index in [2.05, 4.69) is 11.9 Å². The normalized spacial score (nSPS) is 10.3. The fourth-order valence-corrected chi connectivity index (χ4v) is 1.58. The Morgan fingerprint density at radius 2 is 2.16 bits per heavy atom. The van der Waals surface area contributed by atoms with Gasteiger partial charge in [-0.05, 0) is 43.2 Å². The Labute approximate surface area is 115 Å². The first-order chi connectivity index (χ1) is 9.17. The summed E-state index contributed by atoms with van der Waals surface area (Å²) in [4.78, 5) is 0. The minimum Gasteiger partial charge on any atom is -0.493 e. The molecule has 0 fully saturated rings. The molecule has 0 amide bonds. The molecule has 0 spiro atoms. The minimum absolute atomic E-state index is 0.211. The molecule has 0 bridgehead atoms. The molecule has 106 valence electrons. The summed E-state index contributed by atoms with van der Waals surface area (Å²) >= 11 is 0. The Morgan fingerprint density at radius 3 is 2.79 bits per heavy atom. The molecule has 0 unspecified atom stereocenters. The van der Waals surface area contributed by atoms with Gasteiger partial charge in [0.05, 0.1) is 7.11 Å². The third-order valence-electron chi connectivity index (χ3n) is 2.54. The number of hydrogen-bond acceptors (Lipinski definition) is 4. The molecule has 0 aliphatic heterocycles. The maximum absolute atomic E-state index is 8.71. The van der Waals surface area contributed by atoms with Gasteiger partial charge in [0.2, 0.25) is 0 Å². The van der Waals surface area contributed by atoms with Crippen molar-refractivity contribution in [1.82, 2.24) is 5.32 Å². The predicted octanol–water partition coefficient (Wildman–Crippen LogP) is 2.12. The quantitative estimate of drug-likeness (QED) is 0.530. The maximum atomic E-state index is 8.71. The molecule has 2 N–H and O–H groups in total. The van der Waals surface area contributed by atoms with E-state index in [-0.39, 0.29) is 6.61 Å². The number of nitrogens with one attached hydrogen (secondary N) is 1. The van der Waals surface area contributed by atoms with Crippen LogP contribution in [-0.4, -0.2) is 32.0 Å². The number of benzene rings is 1. The average molecular weight is 265 g/mol. The van der Waals surface area contributed by atoms with Crippen molar-refractivity contribution in [3.8, 4) is 11.5 Å². The van der Waals surface area contributed by atoms with Crippen molar-refractivity contribution in [3.05, 3.63) is 35.9 Å². The topological polar surface area (TPSA) is 50.7 Å². The van der Waals surface area contributed by atoms with Gasteiger partial charge in [-0.3, -0.25) is 0 Å². The molecule has 1 rings (SSSR count). The van der Waals surface area contributed by atoms with Gasteiger partial charge in [-0.25, -0.2) is 0 Å². The summed E-state index contributed by atoms with van der Waals surface area (Å²) in [7, 11) is 1.63. The highest BCUT2D eigenvalue weighted by Crippen LogP contribution is 2.28. The summed E-state index contributed by atoms with van der Waals surface area (Å²) in [5.74, 6) is 1.45. The van der Waals surface area contributed by atoms with E-state index >= 15 is 0 Å². The van der Waals surface area contributed by atoms with E-state index in [9.17, 15) is 0 Å². The monoisotopic (exact) mass is 265 g/mol. The van der Waals surface area contributed by atoms with Crippen LogP contribution in [0.4, 0.5) is 0 Å². The summed E-state index contributed by atoms with van der Waals surface area (Å²) in [6, 6.07) is 5.86. The number of ether oxygens (including phenoxy) is 2. The molecule has 0 aliphatic carbocycles. The van der Waals surface area contributed by atoms with Crippen molar-refractivity contribution < 1.29 is 14.6 Å². The van der Waals surface area contributed by atoms with Gasteiger partial charge >= 0.3 is 0 Å². The molecule has 1 aromatic carbocycles. The van der Waals surface area contributed by atoms with Crippen molar-refractivity contribution in [3.63, 3.8) is 0 Å². The summed E-state index contributed by atoms with van der Waals surface area (Å²) in [5.41, 5.74) is 2.09. The molecule has 19 heavy (non-hydrogen) atoms. The average Bonchev–Trinajstić information content (AvgIpc) is 2.41. The smallest absolute Gasteiger partial charge is 0.161 e. The maximum Gasteiger partial charge on any atom is 0.161 e. The van der Waals surface area contributed by atoms with E-state index in [1.807, 2.05) is 25.1 Å². The third kappa shape index (κ3) is 5.77. The number of methoxy groups -OCH3 is 1. The van der Waals surface area contributed by atoms with Crippen LogP contribution in [0.3, 0.4) is 0 Å². The molecule has 0 heterocycles. The second-order valence-electron chi connectivity index (χ2n) is 4.48. The SMILES string of the molecule is C=C(C)COc1cc(CNCCCO)ccc1OC. The van der Waals surface area contributed by atoms with Crippen molar-refractivity contribution >= 4 is 0 Å². The molecule has 0 atom stereocenters. The van der Waals surface area contributed by atoms with E-state index in [1.54, 1.807) is 7.11 Å².